The Labute approximate surface area is 130 Å². The number of anilines is 1. The summed E-state index contributed by atoms with van der Waals surface area (Å²) in [7, 11) is 1.85. The Balaban J connectivity index is 2.00. The van der Waals surface area contributed by atoms with Gasteiger partial charge >= 0.3 is 0 Å². The second-order valence-corrected chi connectivity index (χ2v) is 5.81. The third-order valence-corrected chi connectivity index (χ3v) is 4.32. The van der Waals surface area contributed by atoms with Crippen LogP contribution in [-0.2, 0) is 24.8 Å². The summed E-state index contributed by atoms with van der Waals surface area (Å²) in [5.41, 5.74) is 2.97. The van der Waals surface area contributed by atoms with Gasteiger partial charge in [0.1, 0.15) is 0 Å². The second kappa shape index (κ2) is 5.11. The number of aryl methyl sites for hydroxylation is 2. The van der Waals surface area contributed by atoms with Gasteiger partial charge in [0.2, 0.25) is 0 Å². The van der Waals surface area contributed by atoms with Crippen LogP contribution in [-0.4, -0.2) is 21.5 Å². The molecule has 2 heterocycles. The van der Waals surface area contributed by atoms with Gasteiger partial charge in [-0.3, -0.25) is 19.2 Å². The van der Waals surface area contributed by atoms with Crippen LogP contribution in [0.3, 0.4) is 0 Å². The first-order valence-corrected chi connectivity index (χ1v) is 7.48. The lowest BCUT2D eigenvalue weighted by Crippen LogP contribution is -2.30. The number of amides is 1. The molecule has 108 valence electrons. The molecule has 0 spiro atoms. The van der Waals surface area contributed by atoms with E-state index in [4.69, 9.17) is 0 Å². The molecule has 3 rings (SSSR count). The molecule has 0 saturated carbocycles. The molecular weight excluding hydrogens is 334 g/mol. The van der Waals surface area contributed by atoms with E-state index < -0.39 is 11.7 Å². The molecule has 1 aromatic heterocycles. The summed E-state index contributed by atoms with van der Waals surface area (Å²) in [6, 6.07) is 7.35. The maximum absolute atomic E-state index is 12.2. The molecular formula is C15H14BrN3O2. The van der Waals surface area contributed by atoms with Crippen LogP contribution in [0.2, 0.25) is 0 Å². The number of aromatic nitrogens is 2. The number of nitrogens with zero attached hydrogens (tertiary/aromatic N) is 3. The van der Waals surface area contributed by atoms with Crippen molar-refractivity contribution in [3.8, 4) is 0 Å². The molecule has 0 aliphatic carbocycles. The van der Waals surface area contributed by atoms with Gasteiger partial charge in [0.15, 0.2) is 0 Å². The predicted octanol–water partition coefficient (Wildman–Crippen LogP) is 2.47. The Morgan fingerprint density at radius 3 is 2.71 bits per heavy atom. The molecule has 21 heavy (non-hydrogen) atoms. The van der Waals surface area contributed by atoms with Crippen molar-refractivity contribution < 1.29 is 9.59 Å². The fourth-order valence-corrected chi connectivity index (χ4v) is 3.05. The van der Waals surface area contributed by atoms with Crippen molar-refractivity contribution in [1.82, 2.24) is 9.78 Å². The van der Waals surface area contributed by atoms with E-state index >= 15 is 0 Å². The average Bonchev–Trinajstić information content (AvgIpc) is 2.94. The fourth-order valence-electron chi connectivity index (χ4n) is 2.51. The molecule has 0 fully saturated rings. The van der Waals surface area contributed by atoms with Gasteiger partial charge in [-0.15, -0.1) is 0 Å². The maximum atomic E-state index is 12.2. The molecule has 0 unspecified atom stereocenters. The smallest absolute Gasteiger partial charge is 0.299 e. The van der Waals surface area contributed by atoms with E-state index in [0.29, 0.717) is 22.3 Å². The van der Waals surface area contributed by atoms with E-state index in [-0.39, 0.29) is 0 Å². The molecule has 5 nitrogen and oxygen atoms in total. The van der Waals surface area contributed by atoms with Crippen LogP contribution in [0.15, 0.2) is 28.7 Å². The van der Waals surface area contributed by atoms with E-state index in [9.17, 15) is 9.59 Å². The van der Waals surface area contributed by atoms with Gasteiger partial charge in [-0.05, 0) is 40.5 Å². The van der Waals surface area contributed by atoms with Crippen molar-refractivity contribution in [3.63, 3.8) is 0 Å². The van der Waals surface area contributed by atoms with Crippen LogP contribution in [0.5, 0.6) is 0 Å². The molecule has 1 amide bonds. The molecule has 0 N–H and O–H groups in total. The second-order valence-electron chi connectivity index (χ2n) is 4.96. The first-order chi connectivity index (χ1) is 10.0. The first kappa shape index (κ1) is 14.0. The van der Waals surface area contributed by atoms with Crippen LogP contribution < -0.4 is 4.90 Å². The number of carbonyl (C=O) groups is 2. The summed E-state index contributed by atoms with van der Waals surface area (Å²) in [6.07, 6.45) is 0.836. The lowest BCUT2D eigenvalue weighted by atomic mass is 10.1. The first-order valence-electron chi connectivity index (χ1n) is 6.69. The summed E-state index contributed by atoms with van der Waals surface area (Å²) in [5.74, 6) is -0.952. The van der Waals surface area contributed by atoms with E-state index in [1.165, 1.54) is 4.90 Å². The Morgan fingerprint density at radius 1 is 1.29 bits per heavy atom. The molecule has 6 heteroatoms. The number of hydrogen-bond acceptors (Lipinski definition) is 3. The minimum Gasteiger partial charge on any atom is -0.299 e. The highest BCUT2D eigenvalue weighted by Gasteiger charge is 2.37. The zero-order valence-electron chi connectivity index (χ0n) is 11.8. The number of ketones is 1. The average molecular weight is 348 g/mol. The zero-order chi connectivity index (χ0) is 15.1. The van der Waals surface area contributed by atoms with Gasteiger partial charge in [-0.25, -0.2) is 0 Å². The van der Waals surface area contributed by atoms with Crippen molar-refractivity contribution in [2.75, 3.05) is 4.90 Å². The minimum absolute atomic E-state index is 0.345. The van der Waals surface area contributed by atoms with Crippen LogP contribution in [0, 0.1) is 0 Å². The van der Waals surface area contributed by atoms with Gasteiger partial charge in [-0.2, -0.15) is 5.10 Å². The van der Waals surface area contributed by atoms with Gasteiger partial charge in [0.25, 0.3) is 11.7 Å². The van der Waals surface area contributed by atoms with Crippen molar-refractivity contribution in [3.05, 3.63) is 45.7 Å². The maximum Gasteiger partial charge on any atom is 0.299 e. The topological polar surface area (TPSA) is 55.2 Å². The lowest BCUT2D eigenvalue weighted by Gasteiger charge is -2.16. The fraction of sp³-hybridized carbons (Fsp3) is 0.267. The van der Waals surface area contributed by atoms with Crippen LogP contribution in [0.4, 0.5) is 5.69 Å². The Morgan fingerprint density at radius 2 is 2.05 bits per heavy atom. The van der Waals surface area contributed by atoms with Crippen LogP contribution >= 0.6 is 15.9 Å². The monoisotopic (exact) mass is 347 g/mol. The number of fused-ring (bicyclic) bond motifs is 1. The number of hydrogen-bond donors (Lipinski definition) is 0. The minimum atomic E-state index is -0.490. The molecule has 0 atom stereocenters. The predicted molar refractivity (Wildman–Crippen MR) is 82.2 cm³/mol. The van der Waals surface area contributed by atoms with E-state index in [2.05, 4.69) is 21.0 Å². The van der Waals surface area contributed by atoms with Crippen molar-refractivity contribution in [2.24, 2.45) is 7.05 Å². The quantitative estimate of drug-likeness (QED) is 0.801. The SMILES string of the molecule is CCc1cc(CN2C(=O)C(=O)c3c(Br)cccc32)n(C)n1. The van der Waals surface area contributed by atoms with Gasteiger partial charge in [-0.1, -0.05) is 13.0 Å². The molecule has 1 aliphatic heterocycles. The molecule has 1 aliphatic rings. The Hall–Kier alpha value is -1.95. The summed E-state index contributed by atoms with van der Waals surface area (Å²) < 4.78 is 2.41. The third kappa shape index (κ3) is 2.19. The highest BCUT2D eigenvalue weighted by atomic mass is 79.9. The van der Waals surface area contributed by atoms with Gasteiger partial charge < -0.3 is 0 Å². The number of rotatable bonds is 3. The normalized spacial score (nSPS) is 14.0. The standard InChI is InChI=1S/C15H14BrN3O2/c1-3-9-7-10(18(2)17-9)8-19-12-6-4-5-11(16)13(12)14(20)15(19)21/h4-7H,3,8H2,1-2H3. The highest BCUT2D eigenvalue weighted by Crippen LogP contribution is 2.35. The van der Waals surface area contributed by atoms with E-state index in [1.54, 1.807) is 16.8 Å². The van der Waals surface area contributed by atoms with E-state index in [0.717, 1.165) is 17.8 Å². The molecule has 2 aromatic rings. The molecule has 0 saturated heterocycles. The van der Waals surface area contributed by atoms with Crippen molar-refractivity contribution in [2.45, 2.75) is 19.9 Å². The largest absolute Gasteiger partial charge is 0.299 e. The van der Waals surface area contributed by atoms with E-state index in [1.807, 2.05) is 26.1 Å². The molecule has 1 aromatic carbocycles. The highest BCUT2D eigenvalue weighted by molar-refractivity contribution is 9.10. The van der Waals surface area contributed by atoms with Gasteiger partial charge in [0, 0.05) is 11.5 Å². The number of carbonyl (C=O) groups excluding carboxylic acids is 2. The van der Waals surface area contributed by atoms with Gasteiger partial charge in [0.05, 0.1) is 29.2 Å². The third-order valence-electron chi connectivity index (χ3n) is 3.66. The van der Waals surface area contributed by atoms with Crippen LogP contribution in [0.1, 0.15) is 28.7 Å². The summed E-state index contributed by atoms with van der Waals surface area (Å²) in [4.78, 5) is 25.9. The molecule has 0 radical (unpaired) electrons. The van der Waals surface area contributed by atoms with Crippen molar-refractivity contribution >= 4 is 33.3 Å². The number of halogens is 1. The molecule has 0 bridgehead atoms. The Bertz CT molecular complexity index is 751. The summed E-state index contributed by atoms with van der Waals surface area (Å²) >= 11 is 3.34. The summed E-state index contributed by atoms with van der Waals surface area (Å²) in [6.45, 7) is 2.38. The lowest BCUT2D eigenvalue weighted by molar-refractivity contribution is -0.114. The Kier molecular flexibility index (Phi) is 3.41. The van der Waals surface area contributed by atoms with Crippen LogP contribution in [0.25, 0.3) is 0 Å². The number of Topliss-reactive ketones (excluding diaryl/α,β-unsaturated/α-hetero) is 1. The summed E-state index contributed by atoms with van der Waals surface area (Å²) in [5, 5.41) is 4.37. The zero-order valence-corrected chi connectivity index (χ0v) is 13.3. The van der Waals surface area contributed by atoms with Crippen molar-refractivity contribution in [1.29, 1.82) is 0 Å². The number of benzene rings is 1.